The summed E-state index contributed by atoms with van der Waals surface area (Å²) >= 11 is 6.48. The Balaban J connectivity index is 0.00000800. The molecule has 2 rings (SSSR count). The third-order valence-electron chi connectivity index (χ3n) is 6.11. The number of dihydropyridines is 1. The van der Waals surface area contributed by atoms with E-state index in [1.807, 2.05) is 0 Å². The molecular weight excluding hydrogens is 571 g/mol. The molecule has 0 bridgehead atoms. The third-order valence-corrected chi connectivity index (χ3v) is 6.45. The molecule has 0 amide bonds. The van der Waals surface area contributed by atoms with Gasteiger partial charge in [0.1, 0.15) is 18.3 Å². The van der Waals surface area contributed by atoms with Crippen molar-refractivity contribution < 1.29 is 49.3 Å². The standard InChI is InChI=1S/C26H37ClN2O10.ClH/c1-4-39-26(36)22-17(13-38-10-9-28-11-18(31)23(33)24(34)19(32)12-30)29-14(2)20(25(35)37-3)21(22)15-7-5-6-8-16(15)27;/h5-8,18-19,21,23-24,28-34H,4,9-13H2,1-3H3;1H/t18-,19-,21?,23-,24-;/m1./s1. The Morgan fingerprint density at radius 3 is 2.33 bits per heavy atom. The zero-order chi connectivity index (χ0) is 29.1. The van der Waals surface area contributed by atoms with Crippen LogP contribution in [0.3, 0.4) is 0 Å². The molecule has 0 spiro atoms. The molecule has 1 unspecified atom stereocenters. The lowest BCUT2D eigenvalue weighted by molar-refractivity contribution is -0.139. The molecule has 1 aromatic carbocycles. The number of hydrogen-bond acceptors (Lipinski definition) is 12. The van der Waals surface area contributed by atoms with Crippen LogP contribution in [0.4, 0.5) is 0 Å². The van der Waals surface area contributed by atoms with E-state index >= 15 is 0 Å². The van der Waals surface area contributed by atoms with Gasteiger partial charge in [-0.2, -0.15) is 0 Å². The molecule has 0 saturated heterocycles. The Kier molecular flexibility index (Phi) is 15.7. The molecule has 0 aliphatic carbocycles. The van der Waals surface area contributed by atoms with E-state index in [2.05, 4.69) is 10.6 Å². The second-order valence-electron chi connectivity index (χ2n) is 8.78. The van der Waals surface area contributed by atoms with Gasteiger partial charge >= 0.3 is 11.9 Å². The van der Waals surface area contributed by atoms with Gasteiger partial charge in [0.25, 0.3) is 0 Å². The number of nitrogens with one attached hydrogen (secondary N) is 2. The second-order valence-corrected chi connectivity index (χ2v) is 9.18. The summed E-state index contributed by atoms with van der Waals surface area (Å²) in [7, 11) is 1.25. The minimum Gasteiger partial charge on any atom is -0.466 e. The van der Waals surface area contributed by atoms with Crippen molar-refractivity contribution in [3.8, 4) is 0 Å². The predicted octanol–water partition coefficient (Wildman–Crippen LogP) is -0.245. The average Bonchev–Trinajstić information content (AvgIpc) is 2.92. The van der Waals surface area contributed by atoms with Gasteiger partial charge < -0.3 is 50.4 Å². The maximum absolute atomic E-state index is 13.2. The van der Waals surface area contributed by atoms with Crippen molar-refractivity contribution in [2.45, 2.75) is 44.2 Å². The molecular formula is C26H38Cl2N2O10. The van der Waals surface area contributed by atoms with Crippen molar-refractivity contribution in [1.82, 2.24) is 10.6 Å². The summed E-state index contributed by atoms with van der Waals surface area (Å²) in [6.07, 6.45) is -6.40. The van der Waals surface area contributed by atoms with E-state index in [0.717, 1.165) is 0 Å². The highest BCUT2D eigenvalue weighted by Gasteiger charge is 2.39. The van der Waals surface area contributed by atoms with E-state index in [1.165, 1.54) is 7.11 Å². The minimum atomic E-state index is -1.72. The minimum absolute atomic E-state index is 0. The fourth-order valence-corrected chi connectivity index (χ4v) is 4.36. The summed E-state index contributed by atoms with van der Waals surface area (Å²) in [5.41, 5.74) is 1.71. The van der Waals surface area contributed by atoms with Crippen LogP contribution in [-0.4, -0.2) is 109 Å². The van der Waals surface area contributed by atoms with Crippen LogP contribution in [0.25, 0.3) is 0 Å². The van der Waals surface area contributed by atoms with Crippen molar-refractivity contribution in [2.75, 3.05) is 46.6 Å². The summed E-state index contributed by atoms with van der Waals surface area (Å²) in [4.78, 5) is 25.9. The first-order chi connectivity index (χ1) is 18.6. The van der Waals surface area contributed by atoms with E-state index in [-0.39, 0.29) is 56.5 Å². The van der Waals surface area contributed by atoms with E-state index in [0.29, 0.717) is 22.0 Å². The Morgan fingerprint density at radius 2 is 1.73 bits per heavy atom. The third kappa shape index (κ3) is 9.13. The van der Waals surface area contributed by atoms with Gasteiger partial charge in [-0.05, 0) is 25.5 Å². The molecule has 40 heavy (non-hydrogen) atoms. The van der Waals surface area contributed by atoms with Crippen LogP contribution in [0.2, 0.25) is 5.02 Å². The van der Waals surface area contributed by atoms with Crippen molar-refractivity contribution in [3.05, 3.63) is 57.4 Å². The van der Waals surface area contributed by atoms with Gasteiger partial charge in [0.15, 0.2) is 0 Å². The van der Waals surface area contributed by atoms with Gasteiger partial charge in [0.2, 0.25) is 0 Å². The van der Waals surface area contributed by atoms with Crippen LogP contribution in [0.15, 0.2) is 46.8 Å². The predicted molar refractivity (Wildman–Crippen MR) is 148 cm³/mol. The monoisotopic (exact) mass is 608 g/mol. The Morgan fingerprint density at radius 1 is 1.07 bits per heavy atom. The highest BCUT2D eigenvalue weighted by molar-refractivity contribution is 6.31. The molecule has 0 aromatic heterocycles. The van der Waals surface area contributed by atoms with Gasteiger partial charge in [-0.3, -0.25) is 0 Å². The fraction of sp³-hybridized carbons (Fsp3) is 0.538. The number of esters is 2. The molecule has 1 aliphatic rings. The zero-order valence-corrected chi connectivity index (χ0v) is 24.1. The topological polar surface area (TPSA) is 187 Å². The highest BCUT2D eigenvalue weighted by atomic mass is 35.5. The lowest BCUT2D eigenvalue weighted by Gasteiger charge is -2.31. The molecule has 7 N–H and O–H groups in total. The smallest absolute Gasteiger partial charge is 0.336 e. The Hall–Kier alpha value is -2.26. The molecule has 1 aromatic rings. The molecule has 0 radical (unpaired) electrons. The van der Waals surface area contributed by atoms with Crippen molar-refractivity contribution in [2.24, 2.45) is 0 Å². The summed E-state index contributed by atoms with van der Waals surface area (Å²) < 4.78 is 16.0. The van der Waals surface area contributed by atoms with E-state index < -0.39 is 48.9 Å². The first kappa shape index (κ1) is 35.8. The second kappa shape index (κ2) is 17.5. The van der Waals surface area contributed by atoms with Gasteiger partial charge in [-0.15, -0.1) is 12.4 Å². The number of benzene rings is 1. The SMILES string of the molecule is CCOC(=O)C1=C(COCCNC[C@@H](O)[C@@H](O)[C@H](O)[C@H](O)CO)NC(C)=C(C(=O)OC)C1c1ccccc1Cl.Cl. The van der Waals surface area contributed by atoms with Gasteiger partial charge in [0.05, 0.1) is 62.4 Å². The van der Waals surface area contributed by atoms with Crippen molar-refractivity contribution in [1.29, 1.82) is 0 Å². The van der Waals surface area contributed by atoms with Crippen LogP contribution < -0.4 is 10.6 Å². The first-order valence-corrected chi connectivity index (χ1v) is 12.8. The maximum Gasteiger partial charge on any atom is 0.336 e. The fourth-order valence-electron chi connectivity index (χ4n) is 4.11. The zero-order valence-electron chi connectivity index (χ0n) is 22.5. The van der Waals surface area contributed by atoms with Crippen LogP contribution in [0.1, 0.15) is 25.3 Å². The van der Waals surface area contributed by atoms with Crippen LogP contribution in [-0.2, 0) is 23.8 Å². The molecule has 226 valence electrons. The number of aliphatic hydroxyl groups is 5. The van der Waals surface area contributed by atoms with Crippen LogP contribution in [0.5, 0.6) is 0 Å². The van der Waals surface area contributed by atoms with Gasteiger partial charge in [-0.25, -0.2) is 9.59 Å². The van der Waals surface area contributed by atoms with Crippen LogP contribution in [0, 0.1) is 0 Å². The number of carbonyl (C=O) groups is 2. The number of halogens is 2. The highest BCUT2D eigenvalue weighted by Crippen LogP contribution is 2.41. The van der Waals surface area contributed by atoms with E-state index in [1.54, 1.807) is 38.1 Å². The van der Waals surface area contributed by atoms with Gasteiger partial charge in [0, 0.05) is 23.8 Å². The van der Waals surface area contributed by atoms with Crippen molar-refractivity contribution in [3.63, 3.8) is 0 Å². The van der Waals surface area contributed by atoms with Crippen LogP contribution >= 0.6 is 24.0 Å². The molecule has 1 heterocycles. The van der Waals surface area contributed by atoms with Crippen molar-refractivity contribution >= 4 is 35.9 Å². The molecule has 5 atom stereocenters. The molecule has 1 aliphatic heterocycles. The number of aliphatic hydroxyl groups excluding tert-OH is 5. The summed E-state index contributed by atoms with van der Waals surface area (Å²) in [6.45, 7) is 2.83. The Labute approximate surface area is 244 Å². The average molecular weight is 610 g/mol. The quantitative estimate of drug-likeness (QED) is 0.102. The molecule has 0 saturated carbocycles. The Bertz CT molecular complexity index is 1050. The first-order valence-electron chi connectivity index (χ1n) is 12.4. The number of hydrogen-bond donors (Lipinski definition) is 7. The van der Waals surface area contributed by atoms with Gasteiger partial charge in [-0.1, -0.05) is 29.8 Å². The lowest BCUT2D eigenvalue weighted by atomic mass is 9.80. The largest absolute Gasteiger partial charge is 0.466 e. The summed E-state index contributed by atoms with van der Waals surface area (Å²) in [5.74, 6) is -2.16. The maximum atomic E-state index is 13.2. The number of ether oxygens (including phenoxy) is 3. The summed E-state index contributed by atoms with van der Waals surface area (Å²) in [5, 5.41) is 54.1. The molecule has 0 fully saturated rings. The number of rotatable bonds is 15. The number of carbonyl (C=O) groups excluding carboxylic acids is 2. The molecule has 12 nitrogen and oxygen atoms in total. The summed E-state index contributed by atoms with van der Waals surface area (Å²) in [6, 6.07) is 6.85. The molecule has 14 heteroatoms. The number of methoxy groups -OCH3 is 1. The normalized spacial score (nSPS) is 18.3. The number of allylic oxidation sites excluding steroid dienone is 1. The lowest BCUT2D eigenvalue weighted by Crippen LogP contribution is -2.49. The van der Waals surface area contributed by atoms with E-state index in [9.17, 15) is 30.0 Å². The van der Waals surface area contributed by atoms with E-state index in [4.69, 9.17) is 30.9 Å².